The van der Waals surface area contributed by atoms with Gasteiger partial charge in [0.25, 0.3) is 5.91 Å². The van der Waals surface area contributed by atoms with Crippen LogP contribution in [0.25, 0.3) is 0 Å². The first-order chi connectivity index (χ1) is 11.1. The normalized spacial score (nSPS) is 23.7. The molecule has 1 amide bonds. The Morgan fingerprint density at radius 3 is 2.43 bits per heavy atom. The fourth-order valence-electron chi connectivity index (χ4n) is 3.06. The minimum Gasteiger partial charge on any atom is -0.490 e. The predicted molar refractivity (Wildman–Crippen MR) is 82.9 cm³/mol. The van der Waals surface area contributed by atoms with Crippen LogP contribution >= 0.6 is 0 Å². The van der Waals surface area contributed by atoms with Gasteiger partial charge in [0.2, 0.25) is 0 Å². The summed E-state index contributed by atoms with van der Waals surface area (Å²) in [7, 11) is 0. The second-order valence-electron chi connectivity index (χ2n) is 6.07. The summed E-state index contributed by atoms with van der Waals surface area (Å²) in [6.45, 7) is 1.20. The summed E-state index contributed by atoms with van der Waals surface area (Å²) >= 11 is 0. The van der Waals surface area contributed by atoms with Crippen LogP contribution in [0.5, 0.6) is 11.5 Å². The molecule has 1 aliphatic carbocycles. The Bertz CT molecular complexity index is 593. The SMILES string of the molecule is O=C(NC1CCC(C(=O)O)CC1)c1ccc2c(c1)OCCCO2. The van der Waals surface area contributed by atoms with Gasteiger partial charge in [-0.05, 0) is 43.9 Å². The quantitative estimate of drug-likeness (QED) is 0.892. The first-order valence-electron chi connectivity index (χ1n) is 8.07. The van der Waals surface area contributed by atoms with Gasteiger partial charge in [-0.2, -0.15) is 0 Å². The van der Waals surface area contributed by atoms with Crippen molar-refractivity contribution in [1.82, 2.24) is 5.32 Å². The van der Waals surface area contributed by atoms with Gasteiger partial charge >= 0.3 is 5.97 Å². The number of ether oxygens (including phenoxy) is 2. The highest BCUT2D eigenvalue weighted by molar-refractivity contribution is 5.95. The average Bonchev–Trinajstić information content (AvgIpc) is 2.79. The van der Waals surface area contributed by atoms with E-state index >= 15 is 0 Å². The number of nitrogens with one attached hydrogen (secondary N) is 1. The molecule has 0 spiro atoms. The molecule has 1 aromatic rings. The lowest BCUT2D eigenvalue weighted by atomic mass is 9.86. The van der Waals surface area contributed by atoms with Crippen molar-refractivity contribution in [3.05, 3.63) is 23.8 Å². The molecule has 1 fully saturated rings. The molecule has 2 N–H and O–H groups in total. The highest BCUT2D eigenvalue weighted by atomic mass is 16.5. The third kappa shape index (κ3) is 3.75. The van der Waals surface area contributed by atoms with Gasteiger partial charge in [0.15, 0.2) is 11.5 Å². The summed E-state index contributed by atoms with van der Waals surface area (Å²) in [5.74, 6) is 0.101. The molecular formula is C17H21NO5. The highest BCUT2D eigenvalue weighted by Gasteiger charge is 2.27. The molecule has 0 unspecified atom stereocenters. The van der Waals surface area contributed by atoms with Crippen LogP contribution < -0.4 is 14.8 Å². The number of amides is 1. The van der Waals surface area contributed by atoms with E-state index in [1.54, 1.807) is 18.2 Å². The summed E-state index contributed by atoms with van der Waals surface area (Å²) < 4.78 is 11.2. The van der Waals surface area contributed by atoms with Gasteiger partial charge in [-0.1, -0.05) is 0 Å². The monoisotopic (exact) mass is 319 g/mol. The highest BCUT2D eigenvalue weighted by Crippen LogP contribution is 2.30. The third-order valence-corrected chi connectivity index (χ3v) is 4.42. The van der Waals surface area contributed by atoms with E-state index in [2.05, 4.69) is 5.32 Å². The van der Waals surface area contributed by atoms with Crippen LogP contribution in [-0.2, 0) is 4.79 Å². The van der Waals surface area contributed by atoms with E-state index in [9.17, 15) is 9.59 Å². The lowest BCUT2D eigenvalue weighted by Crippen LogP contribution is -2.38. The van der Waals surface area contributed by atoms with Gasteiger partial charge in [0, 0.05) is 18.0 Å². The molecule has 1 saturated carbocycles. The largest absolute Gasteiger partial charge is 0.490 e. The number of fused-ring (bicyclic) bond motifs is 1. The van der Waals surface area contributed by atoms with E-state index in [1.807, 2.05) is 0 Å². The smallest absolute Gasteiger partial charge is 0.306 e. The minimum absolute atomic E-state index is 0.0362. The molecule has 0 aromatic heterocycles. The first-order valence-corrected chi connectivity index (χ1v) is 8.07. The van der Waals surface area contributed by atoms with Crippen molar-refractivity contribution in [3.63, 3.8) is 0 Å². The molecule has 23 heavy (non-hydrogen) atoms. The van der Waals surface area contributed by atoms with Gasteiger partial charge in [-0.15, -0.1) is 0 Å². The Morgan fingerprint density at radius 1 is 1.04 bits per heavy atom. The standard InChI is InChI=1S/C17H21NO5/c19-16(18-13-5-2-11(3-6-13)17(20)21)12-4-7-14-15(10-12)23-9-1-8-22-14/h4,7,10-11,13H,1-3,5-6,8-9H2,(H,18,19)(H,20,21). The van der Waals surface area contributed by atoms with E-state index in [1.165, 1.54) is 0 Å². The fraction of sp³-hybridized carbons (Fsp3) is 0.529. The van der Waals surface area contributed by atoms with Crippen molar-refractivity contribution < 1.29 is 24.2 Å². The molecule has 3 rings (SSSR count). The molecule has 2 aliphatic rings. The van der Waals surface area contributed by atoms with Crippen LogP contribution in [0.3, 0.4) is 0 Å². The van der Waals surface area contributed by atoms with E-state index in [0.29, 0.717) is 56.0 Å². The molecule has 6 heteroatoms. The van der Waals surface area contributed by atoms with E-state index in [4.69, 9.17) is 14.6 Å². The van der Waals surface area contributed by atoms with E-state index in [0.717, 1.165) is 6.42 Å². The Balaban J connectivity index is 1.60. The van der Waals surface area contributed by atoms with E-state index < -0.39 is 5.97 Å². The number of carbonyl (C=O) groups is 2. The number of aliphatic carboxylic acids is 1. The minimum atomic E-state index is -0.738. The number of hydrogen-bond donors (Lipinski definition) is 2. The summed E-state index contributed by atoms with van der Waals surface area (Å²) in [6.07, 6.45) is 3.45. The van der Waals surface area contributed by atoms with Crippen molar-refractivity contribution in [1.29, 1.82) is 0 Å². The van der Waals surface area contributed by atoms with Gasteiger partial charge in [0.05, 0.1) is 19.1 Å². The Kier molecular flexibility index (Phi) is 4.69. The Hall–Kier alpha value is -2.24. The molecule has 1 aromatic carbocycles. The van der Waals surface area contributed by atoms with Crippen LogP contribution in [0.1, 0.15) is 42.5 Å². The van der Waals surface area contributed by atoms with Gasteiger partial charge < -0.3 is 19.9 Å². The Labute approximate surface area is 134 Å². The van der Waals surface area contributed by atoms with Crippen LogP contribution in [0, 0.1) is 5.92 Å². The zero-order valence-corrected chi connectivity index (χ0v) is 12.9. The molecule has 0 atom stereocenters. The van der Waals surface area contributed by atoms with Crippen LogP contribution in [-0.4, -0.2) is 36.2 Å². The molecule has 1 heterocycles. The summed E-state index contributed by atoms with van der Waals surface area (Å²) in [5.41, 5.74) is 0.537. The summed E-state index contributed by atoms with van der Waals surface area (Å²) in [6, 6.07) is 5.23. The number of hydrogen-bond acceptors (Lipinski definition) is 4. The number of carboxylic acids is 1. The zero-order valence-electron chi connectivity index (χ0n) is 12.9. The second-order valence-corrected chi connectivity index (χ2v) is 6.07. The lowest BCUT2D eigenvalue weighted by Gasteiger charge is -2.26. The maximum absolute atomic E-state index is 12.4. The van der Waals surface area contributed by atoms with Crippen molar-refractivity contribution in [3.8, 4) is 11.5 Å². The molecular weight excluding hydrogens is 298 g/mol. The number of carbonyl (C=O) groups excluding carboxylic acids is 1. The second kappa shape index (κ2) is 6.89. The predicted octanol–water partition coefficient (Wildman–Crippen LogP) is 2.22. The molecule has 124 valence electrons. The van der Waals surface area contributed by atoms with Gasteiger partial charge in [-0.3, -0.25) is 9.59 Å². The average molecular weight is 319 g/mol. The summed E-state index contributed by atoms with van der Waals surface area (Å²) in [5, 5.41) is 12.0. The maximum Gasteiger partial charge on any atom is 0.306 e. The van der Waals surface area contributed by atoms with Crippen LogP contribution in [0.4, 0.5) is 0 Å². The number of carboxylic acid groups (broad SMARTS) is 1. The van der Waals surface area contributed by atoms with Gasteiger partial charge in [0.1, 0.15) is 0 Å². The van der Waals surface area contributed by atoms with Crippen molar-refractivity contribution >= 4 is 11.9 Å². The number of rotatable bonds is 3. The summed E-state index contributed by atoms with van der Waals surface area (Å²) in [4.78, 5) is 23.3. The molecule has 1 aliphatic heterocycles. The third-order valence-electron chi connectivity index (χ3n) is 4.42. The van der Waals surface area contributed by atoms with Crippen molar-refractivity contribution in [2.45, 2.75) is 38.1 Å². The molecule has 0 bridgehead atoms. The maximum atomic E-state index is 12.4. The van der Waals surface area contributed by atoms with Crippen LogP contribution in [0.15, 0.2) is 18.2 Å². The van der Waals surface area contributed by atoms with Gasteiger partial charge in [-0.25, -0.2) is 0 Å². The first kappa shape index (κ1) is 15.6. The fourth-order valence-corrected chi connectivity index (χ4v) is 3.06. The lowest BCUT2D eigenvalue weighted by molar-refractivity contribution is -0.142. The molecule has 6 nitrogen and oxygen atoms in total. The Morgan fingerprint density at radius 2 is 1.74 bits per heavy atom. The van der Waals surface area contributed by atoms with Crippen molar-refractivity contribution in [2.75, 3.05) is 13.2 Å². The van der Waals surface area contributed by atoms with Crippen molar-refractivity contribution in [2.24, 2.45) is 5.92 Å². The van der Waals surface area contributed by atoms with E-state index in [-0.39, 0.29) is 17.9 Å². The molecule has 0 saturated heterocycles. The topological polar surface area (TPSA) is 84.9 Å². The number of benzene rings is 1. The zero-order chi connectivity index (χ0) is 16.2. The van der Waals surface area contributed by atoms with Crippen LogP contribution in [0.2, 0.25) is 0 Å². The molecule has 0 radical (unpaired) electrons.